The normalized spacial score (nSPS) is 30.9. The van der Waals surface area contributed by atoms with Crippen molar-refractivity contribution in [3.63, 3.8) is 0 Å². The van der Waals surface area contributed by atoms with Crippen LogP contribution in [0.4, 0.5) is 5.69 Å². The summed E-state index contributed by atoms with van der Waals surface area (Å²) in [5, 5.41) is 3.01. The van der Waals surface area contributed by atoms with Gasteiger partial charge >= 0.3 is 0 Å². The zero-order valence-corrected chi connectivity index (χ0v) is 10.5. The number of benzene rings is 1. The van der Waals surface area contributed by atoms with E-state index < -0.39 is 0 Å². The van der Waals surface area contributed by atoms with Crippen LogP contribution in [0.15, 0.2) is 28.7 Å². The van der Waals surface area contributed by atoms with Gasteiger partial charge < -0.3 is 5.32 Å². The summed E-state index contributed by atoms with van der Waals surface area (Å²) < 4.78 is 0.953. The maximum Gasteiger partial charge on any atom is 0.228 e. The van der Waals surface area contributed by atoms with Crippen LogP contribution in [0, 0.1) is 17.8 Å². The van der Waals surface area contributed by atoms with E-state index in [2.05, 4.69) is 21.2 Å². The molecule has 0 aromatic heterocycles. The summed E-state index contributed by atoms with van der Waals surface area (Å²) in [6.07, 6.45) is 3.81. The molecule has 0 heterocycles. The molecule has 2 fully saturated rings. The fourth-order valence-electron chi connectivity index (χ4n) is 2.99. The number of hydrogen-bond donors (Lipinski definition) is 1. The Morgan fingerprint density at radius 3 is 2.62 bits per heavy atom. The van der Waals surface area contributed by atoms with E-state index in [-0.39, 0.29) is 5.91 Å². The van der Waals surface area contributed by atoms with E-state index in [1.807, 2.05) is 24.3 Å². The van der Waals surface area contributed by atoms with Gasteiger partial charge in [-0.2, -0.15) is 0 Å². The van der Waals surface area contributed by atoms with E-state index in [4.69, 9.17) is 0 Å². The highest BCUT2D eigenvalue weighted by molar-refractivity contribution is 9.10. The van der Waals surface area contributed by atoms with E-state index in [0.717, 1.165) is 10.2 Å². The van der Waals surface area contributed by atoms with E-state index in [1.165, 1.54) is 19.3 Å². The lowest BCUT2D eigenvalue weighted by Crippen LogP contribution is -2.16. The molecule has 0 bridgehead atoms. The predicted molar refractivity (Wildman–Crippen MR) is 67.1 cm³/mol. The number of rotatable bonds is 2. The predicted octanol–water partition coefficient (Wildman–Crippen LogP) is 3.43. The number of para-hydroxylation sites is 1. The highest BCUT2D eigenvalue weighted by Gasteiger charge is 2.56. The van der Waals surface area contributed by atoms with Crippen molar-refractivity contribution in [1.82, 2.24) is 0 Å². The van der Waals surface area contributed by atoms with Crippen LogP contribution in [0.1, 0.15) is 19.3 Å². The summed E-state index contributed by atoms with van der Waals surface area (Å²) in [7, 11) is 0. The molecule has 0 spiro atoms. The molecule has 2 aliphatic rings. The van der Waals surface area contributed by atoms with Crippen LogP contribution < -0.4 is 5.32 Å². The Bertz CT molecular complexity index is 422. The van der Waals surface area contributed by atoms with Crippen LogP contribution in [-0.2, 0) is 4.79 Å². The second kappa shape index (κ2) is 3.88. The zero-order valence-electron chi connectivity index (χ0n) is 8.95. The van der Waals surface area contributed by atoms with Crippen molar-refractivity contribution in [2.45, 2.75) is 19.3 Å². The van der Waals surface area contributed by atoms with Crippen LogP contribution in [0.2, 0.25) is 0 Å². The molecule has 2 nitrogen and oxygen atoms in total. The summed E-state index contributed by atoms with van der Waals surface area (Å²) in [5.74, 6) is 1.87. The van der Waals surface area contributed by atoms with Gasteiger partial charge in [-0.25, -0.2) is 0 Å². The van der Waals surface area contributed by atoms with E-state index in [9.17, 15) is 4.79 Å². The molecule has 84 valence electrons. The first-order chi connectivity index (χ1) is 7.77. The minimum absolute atomic E-state index is 0.210. The number of hydrogen-bond acceptors (Lipinski definition) is 1. The number of anilines is 1. The average molecular weight is 280 g/mol. The number of fused-ring (bicyclic) bond motifs is 1. The highest BCUT2D eigenvalue weighted by atomic mass is 79.9. The Kier molecular flexibility index (Phi) is 2.51. The van der Waals surface area contributed by atoms with Gasteiger partial charge in [0.15, 0.2) is 0 Å². The maximum atomic E-state index is 12.0. The minimum Gasteiger partial charge on any atom is -0.325 e. The molecular weight excluding hydrogens is 266 g/mol. The van der Waals surface area contributed by atoms with Gasteiger partial charge in [0, 0.05) is 10.4 Å². The third kappa shape index (κ3) is 1.67. The highest BCUT2D eigenvalue weighted by Crippen LogP contribution is 2.57. The number of amides is 1. The Morgan fingerprint density at radius 1 is 1.25 bits per heavy atom. The first-order valence-electron chi connectivity index (χ1n) is 5.83. The molecule has 1 N–H and O–H groups in total. The summed E-state index contributed by atoms with van der Waals surface area (Å²) in [6, 6.07) is 7.77. The molecular formula is C13H14BrNO. The van der Waals surface area contributed by atoms with Gasteiger partial charge in [0.2, 0.25) is 5.91 Å². The fourth-order valence-corrected chi connectivity index (χ4v) is 3.37. The standard InChI is InChI=1S/C13H14BrNO/c14-10-6-1-2-7-11(10)15-13(16)12-8-4-3-5-9(8)12/h1-2,6-9,12H,3-5H2,(H,15,16). The molecule has 3 heteroatoms. The minimum atomic E-state index is 0.210. The molecule has 16 heavy (non-hydrogen) atoms. The molecule has 2 atom stereocenters. The number of nitrogens with one attached hydrogen (secondary N) is 1. The van der Waals surface area contributed by atoms with Crippen molar-refractivity contribution in [3.8, 4) is 0 Å². The van der Waals surface area contributed by atoms with Crippen LogP contribution in [0.25, 0.3) is 0 Å². The number of carbonyl (C=O) groups is 1. The van der Waals surface area contributed by atoms with Crippen LogP contribution in [0.5, 0.6) is 0 Å². The molecule has 1 aromatic carbocycles. The van der Waals surface area contributed by atoms with Crippen molar-refractivity contribution >= 4 is 27.5 Å². The Balaban J connectivity index is 1.68. The molecule has 0 aliphatic heterocycles. The Labute approximate surface area is 104 Å². The van der Waals surface area contributed by atoms with Gasteiger partial charge in [0.25, 0.3) is 0 Å². The smallest absolute Gasteiger partial charge is 0.228 e. The second-order valence-electron chi connectivity index (χ2n) is 4.75. The lowest BCUT2D eigenvalue weighted by atomic mass is 10.1. The van der Waals surface area contributed by atoms with E-state index >= 15 is 0 Å². The third-order valence-corrected chi connectivity index (χ3v) is 4.53. The Hall–Kier alpha value is -0.830. The SMILES string of the molecule is O=C(Nc1ccccc1Br)C1C2CCCC21. The number of halogens is 1. The fraction of sp³-hybridized carbons (Fsp3) is 0.462. The summed E-state index contributed by atoms with van der Waals surface area (Å²) in [4.78, 5) is 12.0. The summed E-state index contributed by atoms with van der Waals surface area (Å²) in [6.45, 7) is 0. The lowest BCUT2D eigenvalue weighted by molar-refractivity contribution is -0.118. The number of carbonyl (C=O) groups excluding carboxylic acids is 1. The van der Waals surface area contributed by atoms with Gasteiger partial charge in [-0.1, -0.05) is 18.6 Å². The van der Waals surface area contributed by atoms with Crippen molar-refractivity contribution in [1.29, 1.82) is 0 Å². The summed E-state index contributed by atoms with van der Waals surface area (Å²) >= 11 is 3.44. The van der Waals surface area contributed by atoms with E-state index in [0.29, 0.717) is 17.8 Å². The third-order valence-electron chi connectivity index (χ3n) is 3.84. The quantitative estimate of drug-likeness (QED) is 0.883. The maximum absolute atomic E-state index is 12.0. The molecule has 2 unspecified atom stereocenters. The second-order valence-corrected chi connectivity index (χ2v) is 5.61. The van der Waals surface area contributed by atoms with Crippen molar-refractivity contribution in [2.75, 3.05) is 5.32 Å². The first-order valence-corrected chi connectivity index (χ1v) is 6.62. The molecule has 3 rings (SSSR count). The molecule has 2 aliphatic carbocycles. The summed E-state index contributed by atoms with van der Waals surface area (Å²) in [5.41, 5.74) is 0.887. The molecule has 2 saturated carbocycles. The Morgan fingerprint density at radius 2 is 1.94 bits per heavy atom. The lowest BCUT2D eigenvalue weighted by Gasteiger charge is -2.08. The topological polar surface area (TPSA) is 29.1 Å². The van der Waals surface area contributed by atoms with Gasteiger partial charge in [-0.15, -0.1) is 0 Å². The molecule has 0 radical (unpaired) electrons. The van der Waals surface area contributed by atoms with Gasteiger partial charge in [0.05, 0.1) is 5.69 Å². The average Bonchev–Trinajstić information content (AvgIpc) is 2.76. The molecule has 1 amide bonds. The van der Waals surface area contributed by atoms with Gasteiger partial charge in [-0.05, 0) is 52.7 Å². The molecule has 1 aromatic rings. The van der Waals surface area contributed by atoms with Crippen LogP contribution >= 0.6 is 15.9 Å². The van der Waals surface area contributed by atoms with E-state index in [1.54, 1.807) is 0 Å². The van der Waals surface area contributed by atoms with Gasteiger partial charge in [0.1, 0.15) is 0 Å². The largest absolute Gasteiger partial charge is 0.325 e. The monoisotopic (exact) mass is 279 g/mol. The van der Waals surface area contributed by atoms with Crippen LogP contribution in [-0.4, -0.2) is 5.91 Å². The molecule has 0 saturated heterocycles. The van der Waals surface area contributed by atoms with Crippen LogP contribution in [0.3, 0.4) is 0 Å². The zero-order chi connectivity index (χ0) is 11.1. The van der Waals surface area contributed by atoms with Crippen molar-refractivity contribution in [2.24, 2.45) is 17.8 Å². The van der Waals surface area contributed by atoms with Crippen molar-refractivity contribution < 1.29 is 4.79 Å². The van der Waals surface area contributed by atoms with Crippen molar-refractivity contribution in [3.05, 3.63) is 28.7 Å². The van der Waals surface area contributed by atoms with Gasteiger partial charge in [-0.3, -0.25) is 4.79 Å². The first kappa shape index (κ1) is 10.3.